The van der Waals surface area contributed by atoms with E-state index in [9.17, 15) is 9.59 Å². The number of nitrogens with one attached hydrogen (secondary N) is 1. The van der Waals surface area contributed by atoms with Gasteiger partial charge in [0.1, 0.15) is 12.3 Å². The Morgan fingerprint density at radius 1 is 1.48 bits per heavy atom. The number of halogens is 2. The number of carbonyl (C=O) groups is 2. The van der Waals surface area contributed by atoms with E-state index in [0.717, 1.165) is 4.47 Å². The van der Waals surface area contributed by atoms with E-state index in [1.54, 1.807) is 18.2 Å². The quantitative estimate of drug-likeness (QED) is 0.750. The normalized spacial score (nSPS) is 13.0. The highest BCUT2D eigenvalue weighted by Gasteiger charge is 2.27. The molecule has 1 aromatic carbocycles. The molecule has 116 valence electrons. The van der Waals surface area contributed by atoms with Crippen molar-refractivity contribution in [3.63, 3.8) is 0 Å². The summed E-state index contributed by atoms with van der Waals surface area (Å²) in [6, 6.07) is 5.34. The largest absolute Gasteiger partial charge is 0.482 e. The Hall–Kier alpha value is -1.31. The van der Waals surface area contributed by atoms with E-state index in [1.807, 2.05) is 0 Å². The van der Waals surface area contributed by atoms with Gasteiger partial charge in [0.15, 0.2) is 6.61 Å². The third-order valence-electron chi connectivity index (χ3n) is 2.87. The number of hydrogen-bond acceptors (Lipinski definition) is 4. The Labute approximate surface area is 137 Å². The number of nitrogens with zero attached hydrogens (tertiary/aromatic N) is 1. The maximum Gasteiger partial charge on any atom is 0.265 e. The Balaban J connectivity index is 0.00000220. The molecule has 0 aliphatic carbocycles. The van der Waals surface area contributed by atoms with Gasteiger partial charge in [0.05, 0.1) is 5.69 Å². The van der Waals surface area contributed by atoms with Gasteiger partial charge in [-0.3, -0.25) is 14.5 Å². The topological polar surface area (TPSA) is 84.7 Å². The van der Waals surface area contributed by atoms with Crippen molar-refractivity contribution < 1.29 is 14.3 Å². The Kier molecular flexibility index (Phi) is 6.94. The van der Waals surface area contributed by atoms with Crippen molar-refractivity contribution in [1.82, 2.24) is 5.32 Å². The molecule has 0 radical (unpaired) electrons. The molecule has 0 bridgehead atoms. The molecule has 0 spiro atoms. The lowest BCUT2D eigenvalue weighted by atomic mass is 10.2. The fourth-order valence-corrected chi connectivity index (χ4v) is 2.22. The van der Waals surface area contributed by atoms with Gasteiger partial charge < -0.3 is 15.8 Å². The van der Waals surface area contributed by atoms with Crippen LogP contribution in [0.3, 0.4) is 0 Å². The highest BCUT2D eigenvalue weighted by Crippen LogP contribution is 2.34. The SMILES string of the molecule is Cl.NCCCNC(=O)CN1C(=O)COc2cc(Br)ccc21. The predicted molar refractivity (Wildman–Crippen MR) is 85.9 cm³/mol. The third kappa shape index (κ3) is 4.59. The van der Waals surface area contributed by atoms with Gasteiger partial charge in [-0.15, -0.1) is 12.4 Å². The van der Waals surface area contributed by atoms with E-state index in [1.165, 1.54) is 4.90 Å². The van der Waals surface area contributed by atoms with Crippen LogP contribution in [0.4, 0.5) is 5.69 Å². The summed E-state index contributed by atoms with van der Waals surface area (Å²) in [5.41, 5.74) is 5.97. The first kappa shape index (κ1) is 17.7. The van der Waals surface area contributed by atoms with Crippen LogP contribution >= 0.6 is 28.3 Å². The molecule has 0 saturated carbocycles. The van der Waals surface area contributed by atoms with Gasteiger partial charge in [0.2, 0.25) is 5.91 Å². The van der Waals surface area contributed by atoms with Crippen LogP contribution in [0.15, 0.2) is 22.7 Å². The van der Waals surface area contributed by atoms with E-state index < -0.39 is 0 Å². The van der Waals surface area contributed by atoms with Crippen LogP contribution in [0.5, 0.6) is 5.75 Å². The molecule has 6 nitrogen and oxygen atoms in total. The zero-order valence-electron chi connectivity index (χ0n) is 11.3. The summed E-state index contributed by atoms with van der Waals surface area (Å²) < 4.78 is 6.22. The van der Waals surface area contributed by atoms with Crippen LogP contribution in [0.1, 0.15) is 6.42 Å². The van der Waals surface area contributed by atoms with Crippen molar-refractivity contribution >= 4 is 45.8 Å². The Morgan fingerprint density at radius 3 is 2.95 bits per heavy atom. The molecule has 0 atom stereocenters. The first-order valence-corrected chi connectivity index (χ1v) is 7.10. The van der Waals surface area contributed by atoms with Crippen molar-refractivity contribution in [3.8, 4) is 5.75 Å². The Bertz CT molecular complexity index is 527. The molecule has 1 heterocycles. The molecule has 8 heteroatoms. The molecule has 0 saturated heterocycles. The van der Waals surface area contributed by atoms with Crippen molar-refractivity contribution in [2.75, 3.05) is 31.1 Å². The number of hydrogen-bond donors (Lipinski definition) is 2. The van der Waals surface area contributed by atoms with Crippen molar-refractivity contribution in [3.05, 3.63) is 22.7 Å². The maximum atomic E-state index is 11.9. The summed E-state index contributed by atoms with van der Waals surface area (Å²) in [4.78, 5) is 25.1. The summed E-state index contributed by atoms with van der Waals surface area (Å²) in [6.45, 7) is 0.968. The second-order valence-electron chi connectivity index (χ2n) is 4.37. The first-order chi connectivity index (χ1) is 9.61. The number of ether oxygens (including phenoxy) is 1. The first-order valence-electron chi connectivity index (χ1n) is 6.31. The fourth-order valence-electron chi connectivity index (χ4n) is 1.88. The highest BCUT2D eigenvalue weighted by molar-refractivity contribution is 9.10. The van der Waals surface area contributed by atoms with Gasteiger partial charge in [-0.2, -0.15) is 0 Å². The number of nitrogens with two attached hydrogens (primary N) is 1. The predicted octanol–water partition coefficient (Wildman–Crippen LogP) is 1.06. The molecule has 0 fully saturated rings. The minimum atomic E-state index is -0.228. The van der Waals surface area contributed by atoms with Crippen LogP contribution in [0.25, 0.3) is 0 Å². The number of fused-ring (bicyclic) bond motifs is 1. The number of rotatable bonds is 5. The van der Waals surface area contributed by atoms with E-state index in [4.69, 9.17) is 10.5 Å². The average molecular weight is 379 g/mol. The number of carbonyl (C=O) groups excluding carboxylic acids is 2. The lowest BCUT2D eigenvalue weighted by Gasteiger charge is -2.29. The molecule has 2 rings (SSSR count). The van der Waals surface area contributed by atoms with Gasteiger partial charge in [0, 0.05) is 11.0 Å². The molecule has 1 aromatic rings. The van der Waals surface area contributed by atoms with Crippen LogP contribution in [-0.4, -0.2) is 38.1 Å². The van der Waals surface area contributed by atoms with E-state index in [0.29, 0.717) is 30.9 Å². The van der Waals surface area contributed by atoms with E-state index >= 15 is 0 Å². The minimum Gasteiger partial charge on any atom is -0.482 e. The monoisotopic (exact) mass is 377 g/mol. The highest BCUT2D eigenvalue weighted by atomic mass is 79.9. The third-order valence-corrected chi connectivity index (χ3v) is 3.36. The number of benzene rings is 1. The average Bonchev–Trinajstić information content (AvgIpc) is 2.42. The van der Waals surface area contributed by atoms with Crippen molar-refractivity contribution in [2.24, 2.45) is 5.73 Å². The molecule has 21 heavy (non-hydrogen) atoms. The molecule has 1 aliphatic heterocycles. The molecular formula is C13H17BrClN3O3. The standard InChI is InChI=1S/C13H16BrN3O3.ClH/c14-9-2-3-10-11(6-9)20-8-13(19)17(10)7-12(18)16-5-1-4-15;/h2-3,6H,1,4-5,7-8,15H2,(H,16,18);1H. The molecule has 1 aliphatic rings. The van der Waals surface area contributed by atoms with Crippen LogP contribution in [0, 0.1) is 0 Å². The zero-order chi connectivity index (χ0) is 14.5. The van der Waals surface area contributed by atoms with E-state index in [2.05, 4.69) is 21.2 Å². The number of anilines is 1. The molecule has 2 amide bonds. The summed E-state index contributed by atoms with van der Waals surface area (Å²) in [5, 5.41) is 2.73. The van der Waals surface area contributed by atoms with Crippen LogP contribution < -0.4 is 20.7 Å². The van der Waals surface area contributed by atoms with Crippen LogP contribution in [-0.2, 0) is 9.59 Å². The van der Waals surface area contributed by atoms with Gasteiger partial charge in [-0.1, -0.05) is 15.9 Å². The van der Waals surface area contributed by atoms with Gasteiger partial charge >= 0.3 is 0 Å². The maximum absolute atomic E-state index is 11.9. The fraction of sp³-hybridized carbons (Fsp3) is 0.385. The van der Waals surface area contributed by atoms with Gasteiger partial charge in [0.25, 0.3) is 5.91 Å². The molecule has 0 unspecified atom stereocenters. The van der Waals surface area contributed by atoms with E-state index in [-0.39, 0.29) is 37.4 Å². The van der Waals surface area contributed by atoms with Gasteiger partial charge in [-0.05, 0) is 31.2 Å². The van der Waals surface area contributed by atoms with Gasteiger partial charge in [-0.25, -0.2) is 0 Å². The molecule has 3 N–H and O–H groups in total. The molecular weight excluding hydrogens is 362 g/mol. The lowest BCUT2D eigenvalue weighted by molar-refractivity contribution is -0.125. The second-order valence-corrected chi connectivity index (χ2v) is 5.29. The lowest BCUT2D eigenvalue weighted by Crippen LogP contribution is -2.45. The smallest absolute Gasteiger partial charge is 0.265 e. The minimum absolute atomic E-state index is 0. The number of amides is 2. The second kappa shape index (κ2) is 8.21. The summed E-state index contributed by atoms with van der Waals surface area (Å²) in [6.07, 6.45) is 0.715. The van der Waals surface area contributed by atoms with Crippen molar-refractivity contribution in [1.29, 1.82) is 0 Å². The summed E-state index contributed by atoms with van der Waals surface area (Å²) in [7, 11) is 0. The molecule has 0 aromatic heterocycles. The Morgan fingerprint density at radius 2 is 2.24 bits per heavy atom. The van der Waals surface area contributed by atoms with Crippen LogP contribution in [0.2, 0.25) is 0 Å². The summed E-state index contributed by atoms with van der Waals surface area (Å²) >= 11 is 3.34. The summed E-state index contributed by atoms with van der Waals surface area (Å²) in [5.74, 6) is 0.157. The zero-order valence-corrected chi connectivity index (χ0v) is 13.7. The van der Waals surface area contributed by atoms with Crippen molar-refractivity contribution in [2.45, 2.75) is 6.42 Å².